The Kier molecular flexibility index (Phi) is 5.24. The molecule has 1 aliphatic rings. The Balaban J connectivity index is 2.56. The quantitative estimate of drug-likeness (QED) is 0.748. The molecular formula is C13H25N3. The van der Waals surface area contributed by atoms with Gasteiger partial charge in [-0.2, -0.15) is 5.26 Å². The van der Waals surface area contributed by atoms with Crippen molar-refractivity contribution in [1.82, 2.24) is 10.2 Å². The van der Waals surface area contributed by atoms with Crippen molar-refractivity contribution in [2.75, 3.05) is 27.2 Å². The zero-order chi connectivity index (χ0) is 12.0. The first-order valence-electron chi connectivity index (χ1n) is 6.45. The predicted octanol–water partition coefficient (Wildman–Crippen LogP) is 2.00. The maximum absolute atomic E-state index is 9.45. The zero-order valence-electron chi connectivity index (χ0n) is 10.9. The molecule has 0 radical (unpaired) electrons. The fourth-order valence-corrected chi connectivity index (χ4v) is 2.65. The van der Waals surface area contributed by atoms with Crippen LogP contribution >= 0.6 is 0 Å². The van der Waals surface area contributed by atoms with Crippen LogP contribution in [0, 0.1) is 17.2 Å². The molecule has 3 nitrogen and oxygen atoms in total. The molecule has 2 unspecified atom stereocenters. The second kappa shape index (κ2) is 6.22. The second-order valence-corrected chi connectivity index (χ2v) is 5.19. The van der Waals surface area contributed by atoms with E-state index in [1.165, 1.54) is 12.8 Å². The summed E-state index contributed by atoms with van der Waals surface area (Å²) in [6.07, 6.45) is 5.67. The maximum Gasteiger partial charge on any atom is 0.109 e. The molecule has 2 atom stereocenters. The van der Waals surface area contributed by atoms with Crippen LogP contribution in [-0.4, -0.2) is 37.6 Å². The molecule has 1 saturated carbocycles. The third-order valence-electron chi connectivity index (χ3n) is 3.64. The van der Waals surface area contributed by atoms with E-state index in [-0.39, 0.29) is 5.54 Å². The summed E-state index contributed by atoms with van der Waals surface area (Å²) in [6.45, 7) is 4.20. The van der Waals surface area contributed by atoms with Crippen LogP contribution in [0.25, 0.3) is 0 Å². The summed E-state index contributed by atoms with van der Waals surface area (Å²) in [5.74, 6) is 0.534. The highest BCUT2D eigenvalue weighted by atomic mass is 15.1. The average Bonchev–Trinajstić information content (AvgIpc) is 2.67. The number of hydrogen-bond donors (Lipinski definition) is 1. The van der Waals surface area contributed by atoms with Crippen molar-refractivity contribution in [1.29, 1.82) is 5.26 Å². The Morgan fingerprint density at radius 2 is 2.25 bits per heavy atom. The summed E-state index contributed by atoms with van der Waals surface area (Å²) < 4.78 is 0. The molecule has 0 aromatic rings. The van der Waals surface area contributed by atoms with Crippen molar-refractivity contribution in [2.24, 2.45) is 5.92 Å². The number of hydrogen-bond acceptors (Lipinski definition) is 3. The van der Waals surface area contributed by atoms with E-state index in [0.717, 1.165) is 32.4 Å². The molecule has 0 bridgehead atoms. The van der Waals surface area contributed by atoms with Crippen LogP contribution < -0.4 is 5.32 Å². The lowest BCUT2D eigenvalue weighted by atomic mass is 9.85. The van der Waals surface area contributed by atoms with Crippen molar-refractivity contribution in [3.05, 3.63) is 0 Å². The van der Waals surface area contributed by atoms with Crippen LogP contribution in [0.1, 0.15) is 39.0 Å². The molecule has 0 aromatic carbocycles. The monoisotopic (exact) mass is 223 g/mol. The van der Waals surface area contributed by atoms with E-state index in [0.29, 0.717) is 5.92 Å². The van der Waals surface area contributed by atoms with E-state index in [4.69, 9.17) is 0 Å². The van der Waals surface area contributed by atoms with Crippen molar-refractivity contribution >= 4 is 0 Å². The lowest BCUT2D eigenvalue weighted by Gasteiger charge is -2.30. The van der Waals surface area contributed by atoms with Gasteiger partial charge in [0.15, 0.2) is 0 Å². The molecule has 1 rings (SSSR count). The van der Waals surface area contributed by atoms with E-state index in [1.54, 1.807) is 0 Å². The molecule has 0 amide bonds. The third kappa shape index (κ3) is 3.20. The predicted molar refractivity (Wildman–Crippen MR) is 67.1 cm³/mol. The van der Waals surface area contributed by atoms with E-state index in [2.05, 4.69) is 37.3 Å². The topological polar surface area (TPSA) is 39.1 Å². The first-order valence-corrected chi connectivity index (χ1v) is 6.45. The van der Waals surface area contributed by atoms with Crippen molar-refractivity contribution in [3.63, 3.8) is 0 Å². The molecule has 3 heteroatoms. The molecule has 1 aliphatic carbocycles. The third-order valence-corrected chi connectivity index (χ3v) is 3.64. The Hall–Kier alpha value is -0.590. The minimum absolute atomic E-state index is 0.230. The Labute approximate surface area is 99.8 Å². The molecule has 92 valence electrons. The number of nitriles is 1. The largest absolute Gasteiger partial charge is 0.309 e. The van der Waals surface area contributed by atoms with Gasteiger partial charge in [-0.25, -0.2) is 0 Å². The minimum Gasteiger partial charge on any atom is -0.309 e. The summed E-state index contributed by atoms with van der Waals surface area (Å²) >= 11 is 0. The maximum atomic E-state index is 9.45. The van der Waals surface area contributed by atoms with Gasteiger partial charge in [-0.1, -0.05) is 13.3 Å². The van der Waals surface area contributed by atoms with Crippen LogP contribution in [0.4, 0.5) is 0 Å². The van der Waals surface area contributed by atoms with E-state index < -0.39 is 0 Å². The molecule has 16 heavy (non-hydrogen) atoms. The number of nitrogens with one attached hydrogen (secondary N) is 1. The summed E-state index contributed by atoms with van der Waals surface area (Å²) in [6, 6.07) is 2.56. The van der Waals surface area contributed by atoms with Crippen molar-refractivity contribution in [3.8, 4) is 6.07 Å². The molecule has 0 heterocycles. The van der Waals surface area contributed by atoms with Gasteiger partial charge in [0, 0.05) is 0 Å². The van der Waals surface area contributed by atoms with Crippen LogP contribution in [0.15, 0.2) is 0 Å². The first-order chi connectivity index (χ1) is 7.64. The molecular weight excluding hydrogens is 198 g/mol. The fourth-order valence-electron chi connectivity index (χ4n) is 2.65. The Bertz CT molecular complexity index is 244. The minimum atomic E-state index is -0.230. The lowest BCUT2D eigenvalue weighted by Crippen LogP contribution is -2.48. The molecule has 0 spiro atoms. The van der Waals surface area contributed by atoms with Gasteiger partial charge < -0.3 is 4.90 Å². The zero-order valence-corrected chi connectivity index (χ0v) is 10.9. The van der Waals surface area contributed by atoms with Gasteiger partial charge in [-0.15, -0.1) is 0 Å². The number of nitrogens with zero attached hydrogens (tertiary/aromatic N) is 2. The molecule has 1 N–H and O–H groups in total. The summed E-state index contributed by atoms with van der Waals surface area (Å²) in [5, 5.41) is 12.9. The Morgan fingerprint density at radius 1 is 1.50 bits per heavy atom. The van der Waals surface area contributed by atoms with E-state index in [9.17, 15) is 5.26 Å². The SMILES string of the molecule is CCCNC1(C#N)CCCC1CCN(C)C. The summed E-state index contributed by atoms with van der Waals surface area (Å²) in [5.41, 5.74) is -0.230. The van der Waals surface area contributed by atoms with Crippen LogP contribution in [0.3, 0.4) is 0 Å². The van der Waals surface area contributed by atoms with Gasteiger partial charge in [0.1, 0.15) is 5.54 Å². The number of rotatable bonds is 6. The smallest absolute Gasteiger partial charge is 0.109 e. The summed E-state index contributed by atoms with van der Waals surface area (Å²) in [7, 11) is 4.20. The van der Waals surface area contributed by atoms with Gasteiger partial charge in [-0.3, -0.25) is 5.32 Å². The highest BCUT2D eigenvalue weighted by Gasteiger charge is 2.42. The standard InChI is InChI=1S/C13H25N3/c1-4-9-15-13(11-14)8-5-6-12(13)7-10-16(2)3/h12,15H,4-10H2,1-3H3. The van der Waals surface area contributed by atoms with E-state index in [1.807, 2.05) is 0 Å². The van der Waals surface area contributed by atoms with E-state index >= 15 is 0 Å². The fraction of sp³-hybridized carbons (Fsp3) is 0.923. The molecule has 0 aliphatic heterocycles. The van der Waals surface area contributed by atoms with Gasteiger partial charge in [0.05, 0.1) is 6.07 Å². The highest BCUT2D eigenvalue weighted by molar-refractivity contribution is 5.14. The van der Waals surface area contributed by atoms with Crippen LogP contribution in [0.2, 0.25) is 0 Å². The van der Waals surface area contributed by atoms with Gasteiger partial charge in [0.2, 0.25) is 0 Å². The molecule has 0 saturated heterocycles. The summed E-state index contributed by atoms with van der Waals surface area (Å²) in [4.78, 5) is 2.21. The first kappa shape index (κ1) is 13.5. The lowest BCUT2D eigenvalue weighted by molar-refractivity contribution is 0.268. The van der Waals surface area contributed by atoms with Crippen molar-refractivity contribution in [2.45, 2.75) is 44.6 Å². The average molecular weight is 223 g/mol. The van der Waals surface area contributed by atoms with Gasteiger partial charge >= 0.3 is 0 Å². The van der Waals surface area contributed by atoms with Gasteiger partial charge in [-0.05, 0) is 58.8 Å². The second-order valence-electron chi connectivity index (χ2n) is 5.19. The highest BCUT2D eigenvalue weighted by Crippen LogP contribution is 2.37. The van der Waals surface area contributed by atoms with Gasteiger partial charge in [0.25, 0.3) is 0 Å². The molecule has 1 fully saturated rings. The Morgan fingerprint density at radius 3 is 2.81 bits per heavy atom. The van der Waals surface area contributed by atoms with Crippen molar-refractivity contribution < 1.29 is 0 Å². The molecule has 0 aromatic heterocycles. The normalized spacial score (nSPS) is 29.6. The van der Waals surface area contributed by atoms with Crippen LogP contribution in [-0.2, 0) is 0 Å². The van der Waals surface area contributed by atoms with Crippen LogP contribution in [0.5, 0.6) is 0 Å².